The van der Waals surface area contributed by atoms with E-state index in [1.807, 2.05) is 0 Å². The number of carbonyl (C=O) groups is 1. The molecule has 3 nitrogen and oxygen atoms in total. The lowest BCUT2D eigenvalue weighted by molar-refractivity contribution is 0.0511. The molecule has 0 unspecified atom stereocenters. The van der Waals surface area contributed by atoms with Crippen molar-refractivity contribution in [2.45, 2.75) is 0 Å². The van der Waals surface area contributed by atoms with E-state index >= 15 is 0 Å². The topological polar surface area (TPSA) is 35.5 Å². The lowest BCUT2D eigenvalue weighted by Crippen LogP contribution is -1.99. The molecule has 0 fully saturated rings. The second-order valence-electron chi connectivity index (χ2n) is 2.47. The Hall–Kier alpha value is -0.580. The van der Waals surface area contributed by atoms with Gasteiger partial charge in [-0.1, -0.05) is 11.6 Å². The van der Waals surface area contributed by atoms with Gasteiger partial charge in [0.1, 0.15) is 5.75 Å². The summed E-state index contributed by atoms with van der Waals surface area (Å²) in [4.78, 5) is 10.6. The van der Waals surface area contributed by atoms with E-state index < -0.39 is 0 Å². The quantitative estimate of drug-likeness (QED) is 0.628. The zero-order chi connectivity index (χ0) is 10.6. The molecule has 0 radical (unpaired) electrons. The van der Waals surface area contributed by atoms with Gasteiger partial charge in [-0.05, 0) is 28.1 Å². The van der Waals surface area contributed by atoms with Gasteiger partial charge in [0.15, 0.2) is 13.1 Å². The minimum absolute atomic E-state index is 0.142. The van der Waals surface area contributed by atoms with Crippen molar-refractivity contribution in [3.63, 3.8) is 0 Å². The summed E-state index contributed by atoms with van der Waals surface area (Å²) in [5, 5.41) is 0.348. The summed E-state index contributed by atoms with van der Waals surface area (Å²) in [6, 6.07) is 3.23. The van der Waals surface area contributed by atoms with Crippen LogP contribution < -0.4 is 4.74 Å². The van der Waals surface area contributed by atoms with Crippen molar-refractivity contribution in [3.05, 3.63) is 27.2 Å². The Morgan fingerprint density at radius 3 is 2.79 bits per heavy atom. The van der Waals surface area contributed by atoms with E-state index in [-0.39, 0.29) is 6.79 Å². The summed E-state index contributed by atoms with van der Waals surface area (Å²) in [6.45, 7) is 0.142. The molecule has 0 amide bonds. The van der Waals surface area contributed by atoms with Crippen LogP contribution in [0.2, 0.25) is 5.02 Å². The van der Waals surface area contributed by atoms with Crippen molar-refractivity contribution in [1.82, 2.24) is 0 Å². The van der Waals surface area contributed by atoms with E-state index in [9.17, 15) is 4.79 Å². The van der Waals surface area contributed by atoms with Crippen LogP contribution in [0, 0.1) is 0 Å². The molecule has 0 saturated carbocycles. The fourth-order valence-electron chi connectivity index (χ4n) is 0.884. The molecule has 0 aliphatic carbocycles. The molecule has 1 aromatic rings. The molecule has 0 heterocycles. The zero-order valence-electron chi connectivity index (χ0n) is 7.42. The average molecular weight is 280 g/mol. The molecule has 0 aromatic heterocycles. The van der Waals surface area contributed by atoms with Crippen LogP contribution in [-0.4, -0.2) is 20.2 Å². The first-order chi connectivity index (χ1) is 6.69. The van der Waals surface area contributed by atoms with E-state index in [1.165, 1.54) is 7.11 Å². The van der Waals surface area contributed by atoms with Gasteiger partial charge in [0.05, 0.1) is 5.02 Å². The molecule has 0 aliphatic rings. The number of carbonyl (C=O) groups excluding carboxylic acids is 1. The molecule has 0 atom stereocenters. The van der Waals surface area contributed by atoms with Gasteiger partial charge < -0.3 is 9.47 Å². The third-order valence-electron chi connectivity index (χ3n) is 1.51. The van der Waals surface area contributed by atoms with Gasteiger partial charge in [-0.15, -0.1) is 0 Å². The van der Waals surface area contributed by atoms with E-state index in [0.717, 1.165) is 0 Å². The Morgan fingerprint density at radius 1 is 1.57 bits per heavy atom. The largest absolute Gasteiger partial charge is 0.467 e. The highest BCUT2D eigenvalue weighted by atomic mass is 79.9. The van der Waals surface area contributed by atoms with E-state index in [0.29, 0.717) is 27.1 Å². The second-order valence-corrected chi connectivity index (χ2v) is 3.73. The third kappa shape index (κ3) is 2.70. The third-order valence-corrected chi connectivity index (χ3v) is 2.48. The molecule has 14 heavy (non-hydrogen) atoms. The summed E-state index contributed by atoms with van der Waals surface area (Å²) in [5.74, 6) is 0.550. The van der Waals surface area contributed by atoms with Crippen LogP contribution in [-0.2, 0) is 4.74 Å². The van der Waals surface area contributed by atoms with Gasteiger partial charge in [-0.3, -0.25) is 4.79 Å². The molecule has 1 aromatic carbocycles. The number of halogens is 2. The highest BCUT2D eigenvalue weighted by Crippen LogP contribution is 2.29. The van der Waals surface area contributed by atoms with E-state index in [4.69, 9.17) is 21.1 Å². The molecular formula is C9H8BrClO3. The molecule has 0 aliphatic heterocycles. The van der Waals surface area contributed by atoms with Gasteiger partial charge >= 0.3 is 0 Å². The molecule has 0 spiro atoms. The van der Waals surface area contributed by atoms with Crippen molar-refractivity contribution < 1.29 is 14.3 Å². The van der Waals surface area contributed by atoms with Gasteiger partial charge in [0.25, 0.3) is 0 Å². The molecule has 0 saturated heterocycles. The Labute approximate surface area is 95.1 Å². The Bertz CT molecular complexity index is 318. The van der Waals surface area contributed by atoms with Crippen LogP contribution in [0.25, 0.3) is 0 Å². The van der Waals surface area contributed by atoms with E-state index in [1.54, 1.807) is 12.1 Å². The second kappa shape index (κ2) is 5.34. The van der Waals surface area contributed by atoms with Crippen LogP contribution in [0.4, 0.5) is 0 Å². The summed E-state index contributed by atoms with van der Waals surface area (Å²) < 4.78 is 10.5. The SMILES string of the molecule is COCOc1cc(Cl)c(C=O)c(Br)c1. The van der Waals surface area contributed by atoms with Crippen molar-refractivity contribution in [1.29, 1.82) is 0 Å². The Kier molecular flexibility index (Phi) is 4.38. The summed E-state index contributed by atoms with van der Waals surface area (Å²) in [7, 11) is 1.52. The fraction of sp³-hybridized carbons (Fsp3) is 0.222. The van der Waals surface area contributed by atoms with Gasteiger partial charge in [-0.2, -0.15) is 0 Å². The molecule has 1 rings (SSSR count). The first-order valence-electron chi connectivity index (χ1n) is 3.75. The van der Waals surface area contributed by atoms with E-state index in [2.05, 4.69) is 15.9 Å². The predicted octanol–water partition coefficient (Wildman–Crippen LogP) is 2.90. The molecule has 76 valence electrons. The fourth-order valence-corrected chi connectivity index (χ4v) is 1.78. The Balaban J connectivity index is 2.95. The van der Waals surface area contributed by atoms with Gasteiger partial charge in [0.2, 0.25) is 0 Å². The minimum Gasteiger partial charge on any atom is -0.467 e. The van der Waals surface area contributed by atoms with Crippen molar-refractivity contribution >= 4 is 33.8 Å². The van der Waals surface area contributed by atoms with Crippen LogP contribution in [0.15, 0.2) is 16.6 Å². The molecule has 5 heteroatoms. The number of hydrogen-bond acceptors (Lipinski definition) is 3. The maximum absolute atomic E-state index is 10.6. The maximum Gasteiger partial charge on any atom is 0.188 e. The molecule has 0 N–H and O–H groups in total. The number of ether oxygens (including phenoxy) is 2. The highest BCUT2D eigenvalue weighted by Gasteiger charge is 2.07. The number of methoxy groups -OCH3 is 1. The lowest BCUT2D eigenvalue weighted by Gasteiger charge is -2.07. The average Bonchev–Trinajstić information content (AvgIpc) is 2.14. The summed E-state index contributed by atoms with van der Waals surface area (Å²) in [6.07, 6.45) is 0.687. The first-order valence-corrected chi connectivity index (χ1v) is 4.92. The summed E-state index contributed by atoms with van der Waals surface area (Å²) in [5.41, 5.74) is 0.413. The van der Waals surface area contributed by atoms with Crippen LogP contribution in [0.3, 0.4) is 0 Å². The Morgan fingerprint density at radius 2 is 2.29 bits per heavy atom. The number of aldehydes is 1. The van der Waals surface area contributed by atoms with Crippen LogP contribution in [0.1, 0.15) is 10.4 Å². The van der Waals surface area contributed by atoms with Crippen LogP contribution >= 0.6 is 27.5 Å². The number of rotatable bonds is 4. The maximum atomic E-state index is 10.6. The highest BCUT2D eigenvalue weighted by molar-refractivity contribution is 9.10. The standard InChI is InChI=1S/C9H8BrClO3/c1-13-5-14-6-2-8(10)7(4-12)9(11)3-6/h2-4H,5H2,1H3. The molecular weight excluding hydrogens is 271 g/mol. The first kappa shape index (κ1) is 11.5. The summed E-state index contributed by atoms with van der Waals surface area (Å²) >= 11 is 9.05. The number of hydrogen-bond donors (Lipinski definition) is 0. The van der Waals surface area contributed by atoms with Gasteiger partial charge in [0, 0.05) is 17.1 Å². The minimum atomic E-state index is 0.142. The van der Waals surface area contributed by atoms with Gasteiger partial charge in [-0.25, -0.2) is 0 Å². The number of benzene rings is 1. The van der Waals surface area contributed by atoms with Crippen LogP contribution in [0.5, 0.6) is 5.75 Å². The molecule has 0 bridgehead atoms. The monoisotopic (exact) mass is 278 g/mol. The smallest absolute Gasteiger partial charge is 0.188 e. The van der Waals surface area contributed by atoms with Crippen molar-refractivity contribution in [2.24, 2.45) is 0 Å². The lowest BCUT2D eigenvalue weighted by atomic mass is 10.2. The zero-order valence-corrected chi connectivity index (χ0v) is 9.76. The normalized spacial score (nSPS) is 9.93. The predicted molar refractivity (Wildman–Crippen MR) is 57.0 cm³/mol. The van der Waals surface area contributed by atoms with Crippen molar-refractivity contribution in [2.75, 3.05) is 13.9 Å². The van der Waals surface area contributed by atoms with Crippen molar-refractivity contribution in [3.8, 4) is 5.75 Å².